The van der Waals surface area contributed by atoms with Gasteiger partial charge in [0.05, 0.1) is 18.4 Å². The van der Waals surface area contributed by atoms with Crippen LogP contribution >= 0.6 is 0 Å². The van der Waals surface area contributed by atoms with Gasteiger partial charge in [-0.25, -0.2) is 0 Å². The lowest BCUT2D eigenvalue weighted by molar-refractivity contribution is 0.0794. The van der Waals surface area contributed by atoms with Crippen LogP contribution in [0.15, 0.2) is 6.20 Å². The van der Waals surface area contributed by atoms with E-state index in [4.69, 9.17) is 4.74 Å². The van der Waals surface area contributed by atoms with Crippen molar-refractivity contribution in [2.75, 3.05) is 13.7 Å². The molecular formula is C13H22N2O2. The van der Waals surface area contributed by atoms with Crippen molar-refractivity contribution in [2.24, 2.45) is 0 Å². The molecule has 0 spiro atoms. The average Bonchev–Trinajstić information content (AvgIpc) is 2.20. The molecule has 2 N–H and O–H groups in total. The van der Waals surface area contributed by atoms with Crippen LogP contribution in [-0.4, -0.2) is 29.3 Å². The number of aliphatic hydroxyl groups is 1. The summed E-state index contributed by atoms with van der Waals surface area (Å²) in [5.74, 6) is 0.889. The molecule has 0 aliphatic carbocycles. The highest BCUT2D eigenvalue weighted by Gasteiger charge is 2.13. The van der Waals surface area contributed by atoms with Crippen molar-refractivity contribution < 1.29 is 9.84 Å². The van der Waals surface area contributed by atoms with E-state index in [0.29, 0.717) is 13.1 Å². The highest BCUT2D eigenvalue weighted by atomic mass is 16.5. The molecule has 1 heterocycles. The van der Waals surface area contributed by atoms with Crippen LogP contribution < -0.4 is 10.1 Å². The van der Waals surface area contributed by atoms with Gasteiger partial charge in [0.25, 0.3) is 0 Å². The summed E-state index contributed by atoms with van der Waals surface area (Å²) in [5, 5.41) is 12.8. The Kier molecular flexibility index (Phi) is 4.48. The summed E-state index contributed by atoms with van der Waals surface area (Å²) in [5.41, 5.74) is 2.34. The van der Waals surface area contributed by atoms with E-state index in [1.54, 1.807) is 21.0 Å². The van der Waals surface area contributed by atoms with Gasteiger partial charge in [-0.2, -0.15) is 0 Å². The molecule has 96 valence electrons. The fraction of sp³-hybridized carbons (Fsp3) is 0.615. The van der Waals surface area contributed by atoms with E-state index in [2.05, 4.69) is 10.3 Å². The summed E-state index contributed by atoms with van der Waals surface area (Å²) >= 11 is 0. The lowest BCUT2D eigenvalue weighted by atomic mass is 10.1. The zero-order chi connectivity index (χ0) is 13.1. The van der Waals surface area contributed by atoms with Gasteiger partial charge in [0.15, 0.2) is 0 Å². The lowest BCUT2D eigenvalue weighted by Gasteiger charge is -2.18. The minimum Gasteiger partial charge on any atom is -0.496 e. The van der Waals surface area contributed by atoms with Gasteiger partial charge in [0.1, 0.15) is 5.75 Å². The summed E-state index contributed by atoms with van der Waals surface area (Å²) in [6, 6.07) is 0. The van der Waals surface area contributed by atoms with Gasteiger partial charge in [-0.15, -0.1) is 0 Å². The Bertz CT molecular complexity index is 384. The van der Waals surface area contributed by atoms with E-state index in [9.17, 15) is 5.11 Å². The number of hydrogen-bond acceptors (Lipinski definition) is 4. The molecule has 4 heteroatoms. The minimum atomic E-state index is -0.706. The highest BCUT2D eigenvalue weighted by Crippen LogP contribution is 2.23. The largest absolute Gasteiger partial charge is 0.496 e. The number of nitrogens with one attached hydrogen (secondary N) is 1. The zero-order valence-corrected chi connectivity index (χ0v) is 11.3. The predicted octanol–water partition coefficient (Wildman–Crippen LogP) is 1.57. The van der Waals surface area contributed by atoms with Gasteiger partial charge >= 0.3 is 0 Å². The fourth-order valence-corrected chi connectivity index (χ4v) is 1.74. The molecule has 1 rings (SSSR count). The first kappa shape index (κ1) is 13.9. The van der Waals surface area contributed by atoms with E-state index in [1.807, 2.05) is 20.0 Å². The van der Waals surface area contributed by atoms with Crippen LogP contribution in [0.3, 0.4) is 0 Å². The second-order valence-electron chi connectivity index (χ2n) is 4.96. The maximum atomic E-state index is 9.60. The molecule has 1 aromatic rings. The van der Waals surface area contributed by atoms with Crippen LogP contribution in [0.1, 0.15) is 30.7 Å². The van der Waals surface area contributed by atoms with Crippen molar-refractivity contribution in [2.45, 2.75) is 39.8 Å². The van der Waals surface area contributed by atoms with Gasteiger partial charge < -0.3 is 15.2 Å². The first-order chi connectivity index (χ1) is 7.85. The number of pyridine rings is 1. The molecule has 0 saturated carbocycles. The molecule has 0 aromatic carbocycles. The smallest absolute Gasteiger partial charge is 0.128 e. The number of hydrogen-bond donors (Lipinski definition) is 2. The maximum absolute atomic E-state index is 9.60. The molecule has 0 radical (unpaired) electrons. The Morgan fingerprint density at radius 1 is 1.41 bits per heavy atom. The molecule has 0 fully saturated rings. The topological polar surface area (TPSA) is 54.4 Å². The quantitative estimate of drug-likeness (QED) is 0.817. The summed E-state index contributed by atoms with van der Waals surface area (Å²) in [7, 11) is 1.67. The van der Waals surface area contributed by atoms with Crippen molar-refractivity contribution >= 4 is 0 Å². The molecule has 17 heavy (non-hydrogen) atoms. The molecule has 4 nitrogen and oxygen atoms in total. The SMILES string of the molecule is COc1c(C)cnc(CNCC(C)(C)O)c1C. The van der Waals surface area contributed by atoms with E-state index in [-0.39, 0.29) is 0 Å². The van der Waals surface area contributed by atoms with E-state index in [1.165, 1.54) is 0 Å². The second-order valence-corrected chi connectivity index (χ2v) is 4.96. The van der Waals surface area contributed by atoms with Crippen molar-refractivity contribution in [3.8, 4) is 5.75 Å². The number of nitrogens with zero attached hydrogens (tertiary/aromatic N) is 1. The molecule has 1 aromatic heterocycles. The minimum absolute atomic E-state index is 0.532. The van der Waals surface area contributed by atoms with Crippen molar-refractivity contribution in [1.29, 1.82) is 0 Å². The zero-order valence-electron chi connectivity index (χ0n) is 11.3. The molecule has 0 unspecified atom stereocenters. The van der Waals surface area contributed by atoms with Crippen molar-refractivity contribution in [1.82, 2.24) is 10.3 Å². The van der Waals surface area contributed by atoms with Gasteiger partial charge in [-0.1, -0.05) is 0 Å². The molecule has 0 amide bonds. The Morgan fingerprint density at radius 2 is 2.06 bits per heavy atom. The van der Waals surface area contributed by atoms with Crippen molar-refractivity contribution in [3.05, 3.63) is 23.0 Å². The molecule has 0 atom stereocenters. The van der Waals surface area contributed by atoms with Crippen molar-refractivity contribution in [3.63, 3.8) is 0 Å². The number of aryl methyl sites for hydroxylation is 1. The number of rotatable bonds is 5. The van der Waals surface area contributed by atoms with E-state index < -0.39 is 5.60 Å². The standard InChI is InChI=1S/C13H22N2O2/c1-9-6-15-11(10(2)12(9)17-5)7-14-8-13(3,4)16/h6,14,16H,7-8H2,1-5H3. The lowest BCUT2D eigenvalue weighted by Crippen LogP contribution is -2.34. The average molecular weight is 238 g/mol. The molecule has 0 aliphatic heterocycles. The van der Waals surface area contributed by atoms with Gasteiger partial charge in [-0.3, -0.25) is 4.98 Å². The Morgan fingerprint density at radius 3 is 2.59 bits per heavy atom. The molecule has 0 saturated heterocycles. The number of ether oxygens (including phenoxy) is 1. The number of methoxy groups -OCH3 is 1. The van der Waals surface area contributed by atoms with Crippen LogP contribution in [0, 0.1) is 13.8 Å². The predicted molar refractivity (Wildman–Crippen MR) is 68.3 cm³/mol. The monoisotopic (exact) mass is 238 g/mol. The summed E-state index contributed by atoms with van der Waals surface area (Å²) in [4.78, 5) is 4.38. The molecular weight excluding hydrogens is 216 g/mol. The Labute approximate surface area is 103 Å². The van der Waals surface area contributed by atoms with Crippen LogP contribution in [0.5, 0.6) is 5.75 Å². The van der Waals surface area contributed by atoms with Gasteiger partial charge in [0.2, 0.25) is 0 Å². The third-order valence-electron chi connectivity index (χ3n) is 2.60. The molecule has 0 bridgehead atoms. The summed E-state index contributed by atoms with van der Waals surface area (Å²) < 4.78 is 5.35. The van der Waals surface area contributed by atoms with Crippen LogP contribution in [-0.2, 0) is 6.54 Å². The van der Waals surface area contributed by atoms with Gasteiger partial charge in [0, 0.05) is 30.4 Å². The van der Waals surface area contributed by atoms with Crippen LogP contribution in [0.25, 0.3) is 0 Å². The maximum Gasteiger partial charge on any atom is 0.128 e. The Balaban J connectivity index is 2.73. The Hall–Kier alpha value is -1.13. The second kappa shape index (κ2) is 5.47. The normalized spacial score (nSPS) is 11.6. The van der Waals surface area contributed by atoms with Gasteiger partial charge in [-0.05, 0) is 27.7 Å². The fourth-order valence-electron chi connectivity index (χ4n) is 1.74. The van der Waals surface area contributed by atoms with E-state index >= 15 is 0 Å². The van der Waals surface area contributed by atoms with Crippen LogP contribution in [0.4, 0.5) is 0 Å². The number of aromatic nitrogens is 1. The van der Waals surface area contributed by atoms with E-state index in [0.717, 1.165) is 22.6 Å². The first-order valence-corrected chi connectivity index (χ1v) is 5.77. The summed E-state index contributed by atoms with van der Waals surface area (Å²) in [6.45, 7) is 8.69. The first-order valence-electron chi connectivity index (χ1n) is 5.77. The third kappa shape index (κ3) is 3.98. The third-order valence-corrected chi connectivity index (χ3v) is 2.60. The van der Waals surface area contributed by atoms with Crippen LogP contribution in [0.2, 0.25) is 0 Å². The highest BCUT2D eigenvalue weighted by molar-refractivity contribution is 5.40. The summed E-state index contributed by atoms with van der Waals surface area (Å²) in [6.07, 6.45) is 1.81. The molecule has 0 aliphatic rings.